The summed E-state index contributed by atoms with van der Waals surface area (Å²) >= 11 is 0. The van der Waals surface area contributed by atoms with Crippen molar-refractivity contribution in [2.75, 3.05) is 31.6 Å². The average molecular weight is 423 g/mol. The number of phenolic OH excluding ortho intramolecular Hbond substituents is 1. The zero-order valence-corrected chi connectivity index (χ0v) is 17.5. The summed E-state index contributed by atoms with van der Waals surface area (Å²) in [5.74, 6) is 0.399. The highest BCUT2D eigenvalue weighted by molar-refractivity contribution is 7.89. The molecule has 2 N–H and O–H groups in total. The van der Waals surface area contributed by atoms with E-state index in [4.69, 9.17) is 9.47 Å². The lowest BCUT2D eigenvalue weighted by Gasteiger charge is -2.19. The molecule has 0 aromatic heterocycles. The number of nitrogens with one attached hydrogen (secondary N) is 1. The van der Waals surface area contributed by atoms with Gasteiger partial charge in [0.15, 0.2) is 6.61 Å². The number of rotatable bonds is 10. The third-order valence-electron chi connectivity index (χ3n) is 4.09. The van der Waals surface area contributed by atoms with Crippen LogP contribution in [0.15, 0.2) is 47.4 Å². The summed E-state index contributed by atoms with van der Waals surface area (Å²) < 4.78 is 37.3. The molecule has 0 aliphatic carbocycles. The number of anilines is 1. The first-order chi connectivity index (χ1) is 13.8. The fourth-order valence-corrected chi connectivity index (χ4v) is 4.11. The van der Waals surface area contributed by atoms with Gasteiger partial charge in [-0.25, -0.2) is 8.42 Å². The fourth-order valence-electron chi connectivity index (χ4n) is 2.62. The van der Waals surface area contributed by atoms with E-state index in [-0.39, 0.29) is 22.9 Å². The van der Waals surface area contributed by atoms with Crippen molar-refractivity contribution in [3.8, 4) is 17.2 Å². The van der Waals surface area contributed by atoms with Crippen molar-refractivity contribution in [1.29, 1.82) is 0 Å². The molecule has 0 bridgehead atoms. The molecule has 1 amide bonds. The smallest absolute Gasteiger partial charge is 0.262 e. The van der Waals surface area contributed by atoms with Crippen molar-refractivity contribution in [3.05, 3.63) is 42.5 Å². The molecule has 0 aliphatic rings. The SMILES string of the molecule is CCOc1ccc(OCC(=O)Nc2cc(S(=O)(=O)N(CC)CC)ccc2O)cc1. The van der Waals surface area contributed by atoms with Gasteiger partial charge in [0.1, 0.15) is 17.2 Å². The second-order valence-corrected chi connectivity index (χ2v) is 7.95. The molecule has 0 saturated carbocycles. The maximum Gasteiger partial charge on any atom is 0.262 e. The Bertz CT molecular complexity index is 924. The number of carbonyl (C=O) groups is 1. The molecule has 0 spiro atoms. The number of ether oxygens (including phenoxy) is 2. The molecule has 0 saturated heterocycles. The normalized spacial score (nSPS) is 11.3. The monoisotopic (exact) mass is 422 g/mol. The number of sulfonamides is 1. The quantitative estimate of drug-likeness (QED) is 0.571. The largest absolute Gasteiger partial charge is 0.506 e. The lowest BCUT2D eigenvalue weighted by Crippen LogP contribution is -2.30. The second-order valence-electron chi connectivity index (χ2n) is 6.01. The fraction of sp³-hybridized carbons (Fsp3) is 0.350. The molecule has 0 radical (unpaired) electrons. The number of hydrogen-bond donors (Lipinski definition) is 2. The molecule has 9 heteroatoms. The van der Waals surface area contributed by atoms with Crippen LogP contribution in [0.4, 0.5) is 5.69 Å². The Morgan fingerprint density at radius 1 is 1.00 bits per heavy atom. The molecule has 2 aromatic carbocycles. The first-order valence-electron chi connectivity index (χ1n) is 9.30. The number of phenols is 1. The van der Waals surface area contributed by atoms with Crippen LogP contribution < -0.4 is 14.8 Å². The van der Waals surface area contributed by atoms with Gasteiger partial charge >= 0.3 is 0 Å². The molecular formula is C20H26N2O6S. The van der Waals surface area contributed by atoms with Crippen LogP contribution in [0.1, 0.15) is 20.8 Å². The van der Waals surface area contributed by atoms with Gasteiger partial charge in [-0.05, 0) is 49.4 Å². The maximum absolute atomic E-state index is 12.6. The Hall–Kier alpha value is -2.78. The van der Waals surface area contributed by atoms with Crippen LogP contribution in [-0.2, 0) is 14.8 Å². The van der Waals surface area contributed by atoms with Gasteiger partial charge in [0, 0.05) is 13.1 Å². The summed E-state index contributed by atoms with van der Waals surface area (Å²) in [6, 6.07) is 10.6. The molecular weight excluding hydrogens is 396 g/mol. The maximum atomic E-state index is 12.6. The number of benzene rings is 2. The summed E-state index contributed by atoms with van der Waals surface area (Å²) in [6.45, 7) is 6.24. The highest BCUT2D eigenvalue weighted by Crippen LogP contribution is 2.28. The van der Waals surface area contributed by atoms with Crippen LogP contribution in [0.25, 0.3) is 0 Å². The van der Waals surface area contributed by atoms with Gasteiger partial charge in [0.2, 0.25) is 10.0 Å². The Kier molecular flexibility index (Phi) is 7.86. The molecule has 2 rings (SSSR count). The summed E-state index contributed by atoms with van der Waals surface area (Å²) in [7, 11) is -3.71. The van der Waals surface area contributed by atoms with Crippen LogP contribution in [-0.4, -0.2) is 50.0 Å². The highest BCUT2D eigenvalue weighted by atomic mass is 32.2. The van der Waals surface area contributed by atoms with E-state index < -0.39 is 15.9 Å². The summed E-state index contributed by atoms with van der Waals surface area (Å²) in [5, 5.41) is 12.5. The highest BCUT2D eigenvalue weighted by Gasteiger charge is 2.23. The van der Waals surface area contributed by atoms with E-state index >= 15 is 0 Å². The van der Waals surface area contributed by atoms with Crippen molar-refractivity contribution in [1.82, 2.24) is 4.31 Å². The van der Waals surface area contributed by atoms with Gasteiger partial charge in [-0.15, -0.1) is 0 Å². The van der Waals surface area contributed by atoms with Gasteiger partial charge in [0.25, 0.3) is 5.91 Å². The van der Waals surface area contributed by atoms with E-state index in [2.05, 4.69) is 5.32 Å². The van der Waals surface area contributed by atoms with Crippen molar-refractivity contribution in [2.24, 2.45) is 0 Å². The average Bonchev–Trinajstić information content (AvgIpc) is 2.70. The van der Waals surface area contributed by atoms with E-state index in [1.807, 2.05) is 6.92 Å². The molecule has 0 heterocycles. The van der Waals surface area contributed by atoms with Gasteiger partial charge < -0.3 is 19.9 Å². The van der Waals surface area contributed by atoms with E-state index in [0.717, 1.165) is 0 Å². The third-order valence-corrected chi connectivity index (χ3v) is 6.14. The zero-order valence-electron chi connectivity index (χ0n) is 16.7. The summed E-state index contributed by atoms with van der Waals surface area (Å²) in [6.07, 6.45) is 0. The molecule has 2 aromatic rings. The number of aromatic hydroxyl groups is 1. The molecule has 0 fully saturated rings. The van der Waals surface area contributed by atoms with E-state index in [1.165, 1.54) is 22.5 Å². The number of amides is 1. The van der Waals surface area contributed by atoms with Gasteiger partial charge in [-0.2, -0.15) is 4.31 Å². The number of hydrogen-bond acceptors (Lipinski definition) is 6. The molecule has 0 unspecified atom stereocenters. The van der Waals surface area contributed by atoms with Crippen molar-refractivity contribution in [3.63, 3.8) is 0 Å². The Morgan fingerprint density at radius 2 is 1.59 bits per heavy atom. The summed E-state index contributed by atoms with van der Waals surface area (Å²) in [4.78, 5) is 12.2. The molecule has 0 aliphatic heterocycles. The second kappa shape index (κ2) is 10.1. The van der Waals surface area contributed by atoms with Gasteiger partial charge in [-0.3, -0.25) is 4.79 Å². The predicted octanol–water partition coefficient (Wildman–Crippen LogP) is 2.84. The van der Waals surface area contributed by atoms with E-state index in [9.17, 15) is 18.3 Å². The minimum absolute atomic E-state index is 0.00137. The number of nitrogens with zero attached hydrogens (tertiary/aromatic N) is 1. The molecule has 158 valence electrons. The molecule has 29 heavy (non-hydrogen) atoms. The van der Waals surface area contributed by atoms with Crippen LogP contribution >= 0.6 is 0 Å². The van der Waals surface area contributed by atoms with E-state index in [0.29, 0.717) is 31.2 Å². The molecule has 0 atom stereocenters. The lowest BCUT2D eigenvalue weighted by molar-refractivity contribution is -0.118. The lowest BCUT2D eigenvalue weighted by atomic mass is 10.3. The van der Waals surface area contributed by atoms with Crippen molar-refractivity contribution in [2.45, 2.75) is 25.7 Å². The standard InChI is InChI=1S/C20H26N2O6S/c1-4-22(5-2)29(25,26)17-11-12-19(23)18(13-17)21-20(24)14-28-16-9-7-15(8-10-16)27-6-3/h7-13,23H,4-6,14H2,1-3H3,(H,21,24). The Labute approximate surface area is 171 Å². The van der Waals surface area contributed by atoms with Crippen LogP contribution in [0.5, 0.6) is 17.2 Å². The summed E-state index contributed by atoms with van der Waals surface area (Å²) in [5.41, 5.74) is -0.00137. The van der Waals surface area contributed by atoms with Gasteiger partial charge in [-0.1, -0.05) is 13.8 Å². The third kappa shape index (κ3) is 5.85. The van der Waals surface area contributed by atoms with Crippen LogP contribution in [0.3, 0.4) is 0 Å². The van der Waals surface area contributed by atoms with Crippen molar-refractivity contribution < 1.29 is 27.8 Å². The van der Waals surface area contributed by atoms with Crippen LogP contribution in [0, 0.1) is 0 Å². The minimum atomic E-state index is -3.71. The van der Waals surface area contributed by atoms with Crippen molar-refractivity contribution >= 4 is 21.6 Å². The minimum Gasteiger partial charge on any atom is -0.506 e. The predicted molar refractivity (Wildman–Crippen MR) is 110 cm³/mol. The first kappa shape index (κ1) is 22.5. The topological polar surface area (TPSA) is 105 Å². The van der Waals surface area contributed by atoms with Gasteiger partial charge in [0.05, 0.1) is 17.2 Å². The van der Waals surface area contributed by atoms with E-state index in [1.54, 1.807) is 38.1 Å². The van der Waals surface area contributed by atoms with Crippen LogP contribution in [0.2, 0.25) is 0 Å². The molecule has 8 nitrogen and oxygen atoms in total. The Balaban J connectivity index is 2.06. The number of carbonyl (C=O) groups excluding carboxylic acids is 1. The zero-order chi connectivity index (χ0) is 21.4. The first-order valence-corrected chi connectivity index (χ1v) is 10.7. The Morgan fingerprint density at radius 3 is 2.14 bits per heavy atom.